The van der Waals surface area contributed by atoms with E-state index in [-0.39, 0.29) is 11.9 Å². The van der Waals surface area contributed by atoms with Crippen molar-refractivity contribution < 1.29 is 9.53 Å². The highest BCUT2D eigenvalue weighted by Crippen LogP contribution is 2.35. The van der Waals surface area contributed by atoms with Gasteiger partial charge >= 0.3 is 5.97 Å². The molecular formula is C11H17NO2S. The van der Waals surface area contributed by atoms with Crippen LogP contribution in [0.1, 0.15) is 39.0 Å². The molecule has 0 heterocycles. The Hall–Kier alpha value is -0.730. The summed E-state index contributed by atoms with van der Waals surface area (Å²) >= 11 is 4.61. The third-order valence-corrected chi connectivity index (χ3v) is 3.37. The Morgan fingerprint density at radius 3 is 2.53 bits per heavy atom. The van der Waals surface area contributed by atoms with Gasteiger partial charge in [0.25, 0.3) is 0 Å². The average molecular weight is 227 g/mol. The summed E-state index contributed by atoms with van der Waals surface area (Å²) in [7, 11) is 1.39. The fourth-order valence-corrected chi connectivity index (χ4v) is 2.46. The minimum absolute atomic E-state index is 0.245. The van der Waals surface area contributed by atoms with Crippen LogP contribution in [0.5, 0.6) is 0 Å². The summed E-state index contributed by atoms with van der Waals surface area (Å²) in [4.78, 5) is 15.8. The summed E-state index contributed by atoms with van der Waals surface area (Å²) in [6.45, 7) is 1.80. The predicted octanol–water partition coefficient (Wildman–Crippen LogP) is 2.60. The molecule has 0 aromatic carbocycles. The highest BCUT2D eigenvalue weighted by molar-refractivity contribution is 7.78. The number of hydrogen-bond donors (Lipinski definition) is 0. The van der Waals surface area contributed by atoms with Crippen molar-refractivity contribution in [2.75, 3.05) is 7.11 Å². The number of rotatable bonds is 3. The largest absolute Gasteiger partial charge is 0.467 e. The topological polar surface area (TPSA) is 38.7 Å². The predicted molar refractivity (Wildman–Crippen MR) is 62.0 cm³/mol. The van der Waals surface area contributed by atoms with Crippen LogP contribution in [0.4, 0.5) is 0 Å². The van der Waals surface area contributed by atoms with Gasteiger partial charge in [-0.05, 0) is 37.9 Å². The Morgan fingerprint density at radius 1 is 1.47 bits per heavy atom. The van der Waals surface area contributed by atoms with Crippen molar-refractivity contribution >= 4 is 23.3 Å². The first-order valence-corrected chi connectivity index (χ1v) is 5.73. The van der Waals surface area contributed by atoms with Crippen LogP contribution in [0.15, 0.2) is 4.99 Å². The average Bonchev–Trinajstić information content (AvgIpc) is 2.29. The number of nitrogens with zero attached hydrogens (tertiary/aromatic N) is 1. The van der Waals surface area contributed by atoms with Crippen molar-refractivity contribution in [1.29, 1.82) is 0 Å². The third kappa shape index (κ3) is 2.64. The summed E-state index contributed by atoms with van der Waals surface area (Å²) < 4.78 is 4.80. The zero-order chi connectivity index (χ0) is 11.3. The molecule has 0 radical (unpaired) electrons. The lowest BCUT2D eigenvalue weighted by Gasteiger charge is -2.33. The number of carbonyl (C=O) groups excluding carboxylic acids is 1. The summed E-state index contributed by atoms with van der Waals surface area (Å²) in [6.07, 6.45) is 5.60. The lowest BCUT2D eigenvalue weighted by atomic mass is 9.76. The minimum Gasteiger partial charge on any atom is -0.467 e. The van der Waals surface area contributed by atoms with Crippen LogP contribution in [0.3, 0.4) is 0 Å². The second-order valence-electron chi connectivity index (χ2n) is 4.18. The normalized spacial score (nSPS) is 21.2. The van der Waals surface area contributed by atoms with E-state index in [0.29, 0.717) is 0 Å². The van der Waals surface area contributed by atoms with Gasteiger partial charge in [0.2, 0.25) is 0 Å². The van der Waals surface area contributed by atoms with Crippen LogP contribution < -0.4 is 0 Å². The molecule has 0 saturated heterocycles. The second kappa shape index (κ2) is 5.38. The Labute approximate surface area is 95.9 Å². The van der Waals surface area contributed by atoms with Crippen LogP contribution in [0.25, 0.3) is 0 Å². The molecule has 1 fully saturated rings. The molecule has 0 spiro atoms. The van der Waals surface area contributed by atoms with E-state index in [1.165, 1.54) is 13.5 Å². The van der Waals surface area contributed by atoms with Crippen molar-refractivity contribution in [3.05, 3.63) is 0 Å². The Morgan fingerprint density at radius 2 is 2.07 bits per heavy atom. The minimum atomic E-state index is -0.822. The molecule has 3 nitrogen and oxygen atoms in total. The van der Waals surface area contributed by atoms with Crippen LogP contribution in [-0.4, -0.2) is 23.8 Å². The molecule has 0 aliphatic heterocycles. The van der Waals surface area contributed by atoms with Gasteiger partial charge in [-0.1, -0.05) is 19.3 Å². The zero-order valence-electron chi connectivity index (χ0n) is 9.28. The Kier molecular flexibility index (Phi) is 4.43. The van der Waals surface area contributed by atoms with Crippen molar-refractivity contribution in [2.45, 2.75) is 44.6 Å². The van der Waals surface area contributed by atoms with Crippen LogP contribution in [0.2, 0.25) is 0 Å². The molecule has 1 aliphatic carbocycles. The van der Waals surface area contributed by atoms with Gasteiger partial charge in [0.15, 0.2) is 5.54 Å². The number of ether oxygens (including phenoxy) is 1. The molecule has 1 saturated carbocycles. The molecule has 0 N–H and O–H groups in total. The number of carbonyl (C=O) groups is 1. The van der Waals surface area contributed by atoms with Gasteiger partial charge in [-0.2, -0.15) is 0 Å². The SMILES string of the molecule is COC(=O)C(C)(N=C=S)C1CCCCC1. The molecule has 0 amide bonds. The Bertz CT molecular complexity index is 280. The molecule has 1 unspecified atom stereocenters. The highest BCUT2D eigenvalue weighted by atomic mass is 32.1. The smallest absolute Gasteiger partial charge is 0.334 e. The summed E-state index contributed by atoms with van der Waals surface area (Å²) in [5.41, 5.74) is -0.822. The van der Waals surface area contributed by atoms with Crippen molar-refractivity contribution in [2.24, 2.45) is 10.9 Å². The lowest BCUT2D eigenvalue weighted by molar-refractivity contribution is -0.148. The van der Waals surface area contributed by atoms with Crippen LogP contribution in [0, 0.1) is 5.92 Å². The molecule has 4 heteroatoms. The van der Waals surface area contributed by atoms with E-state index in [1.807, 2.05) is 0 Å². The fourth-order valence-electron chi connectivity index (χ4n) is 2.27. The molecule has 0 aromatic heterocycles. The molecule has 1 aliphatic rings. The second-order valence-corrected chi connectivity index (χ2v) is 4.36. The maximum absolute atomic E-state index is 11.7. The van der Waals surface area contributed by atoms with E-state index in [2.05, 4.69) is 22.4 Å². The molecule has 1 rings (SSSR count). The highest BCUT2D eigenvalue weighted by Gasteiger charge is 2.42. The molecule has 1 atom stereocenters. The molecule has 84 valence electrons. The van der Waals surface area contributed by atoms with E-state index >= 15 is 0 Å². The van der Waals surface area contributed by atoms with E-state index < -0.39 is 5.54 Å². The van der Waals surface area contributed by atoms with Gasteiger partial charge in [-0.3, -0.25) is 0 Å². The molecular weight excluding hydrogens is 210 g/mol. The van der Waals surface area contributed by atoms with Crippen molar-refractivity contribution in [3.8, 4) is 0 Å². The van der Waals surface area contributed by atoms with Gasteiger partial charge in [0.1, 0.15) is 0 Å². The first-order chi connectivity index (χ1) is 7.15. The maximum atomic E-state index is 11.7. The summed E-state index contributed by atoms with van der Waals surface area (Å²) in [5.74, 6) is -0.0547. The third-order valence-electron chi connectivity index (χ3n) is 3.28. The standard InChI is InChI=1S/C11H17NO2S/c1-11(12-8-15,10(13)14-2)9-6-4-3-5-7-9/h9H,3-7H2,1-2H3. The van der Waals surface area contributed by atoms with Crippen LogP contribution >= 0.6 is 12.2 Å². The van der Waals surface area contributed by atoms with Gasteiger partial charge in [-0.25, -0.2) is 9.79 Å². The lowest BCUT2D eigenvalue weighted by Crippen LogP contribution is -2.43. The van der Waals surface area contributed by atoms with Gasteiger partial charge in [0, 0.05) is 0 Å². The van der Waals surface area contributed by atoms with Gasteiger partial charge < -0.3 is 4.74 Å². The van der Waals surface area contributed by atoms with Crippen molar-refractivity contribution in [1.82, 2.24) is 0 Å². The number of esters is 1. The molecule has 0 bridgehead atoms. The monoisotopic (exact) mass is 227 g/mol. The first-order valence-electron chi connectivity index (χ1n) is 5.32. The molecule has 0 aromatic rings. The van der Waals surface area contributed by atoms with Gasteiger partial charge in [-0.15, -0.1) is 0 Å². The number of methoxy groups -OCH3 is 1. The van der Waals surface area contributed by atoms with E-state index in [4.69, 9.17) is 4.74 Å². The number of isothiocyanates is 1. The fraction of sp³-hybridized carbons (Fsp3) is 0.818. The van der Waals surface area contributed by atoms with E-state index in [9.17, 15) is 4.79 Å². The number of aliphatic imine (C=N–C) groups is 1. The Balaban J connectivity index is 2.88. The maximum Gasteiger partial charge on any atom is 0.334 e. The zero-order valence-corrected chi connectivity index (χ0v) is 10.1. The summed E-state index contributed by atoms with van der Waals surface area (Å²) in [6, 6.07) is 0. The summed E-state index contributed by atoms with van der Waals surface area (Å²) in [5, 5.41) is 2.33. The number of thiocarbonyl (C=S) groups is 1. The van der Waals surface area contributed by atoms with E-state index in [1.54, 1.807) is 6.92 Å². The molecule has 15 heavy (non-hydrogen) atoms. The number of hydrogen-bond acceptors (Lipinski definition) is 4. The van der Waals surface area contributed by atoms with Crippen molar-refractivity contribution in [3.63, 3.8) is 0 Å². The van der Waals surface area contributed by atoms with Gasteiger partial charge in [0.05, 0.1) is 12.3 Å². The van der Waals surface area contributed by atoms with E-state index in [0.717, 1.165) is 25.7 Å². The quantitative estimate of drug-likeness (QED) is 0.422. The first kappa shape index (κ1) is 12.3. The van der Waals surface area contributed by atoms with Crippen LogP contribution in [-0.2, 0) is 9.53 Å².